The molecule has 3 atom stereocenters. The average Bonchev–Trinajstić information content (AvgIpc) is 3.03. The molecule has 3 N–H and O–H groups in total. The molecule has 0 bridgehead atoms. The maximum atomic E-state index is 13.0. The lowest BCUT2D eigenvalue weighted by Gasteiger charge is -2.37. The van der Waals surface area contributed by atoms with Crippen LogP contribution in [0.1, 0.15) is 30.9 Å². The Hall–Kier alpha value is -1.88. The Balaban J connectivity index is 1.86. The Morgan fingerprint density at radius 1 is 1.27 bits per heavy atom. The van der Waals surface area contributed by atoms with Gasteiger partial charge in [-0.3, -0.25) is 9.59 Å². The standard InChI is InChI=1S/C17H23N3O2/c18-11-13-7-4-8-14(13)17(22)20-10-9-19-16(21)15(20)12-5-2-1-3-6-12/h1-3,5-6,13-15H,4,7-11,18H2,(H,19,21)/t13-,14-,15?/m1/s1. The topological polar surface area (TPSA) is 75.4 Å². The molecule has 0 radical (unpaired) electrons. The van der Waals surface area contributed by atoms with Gasteiger partial charge in [0.1, 0.15) is 6.04 Å². The zero-order chi connectivity index (χ0) is 15.5. The Bertz CT molecular complexity index is 546. The second kappa shape index (κ2) is 6.48. The fourth-order valence-electron chi connectivity index (χ4n) is 3.73. The van der Waals surface area contributed by atoms with Gasteiger partial charge < -0.3 is 16.0 Å². The van der Waals surface area contributed by atoms with E-state index in [0.717, 1.165) is 24.8 Å². The number of rotatable bonds is 3. The molecule has 1 heterocycles. The first-order valence-electron chi connectivity index (χ1n) is 8.05. The predicted octanol–water partition coefficient (Wildman–Crippen LogP) is 1.06. The Morgan fingerprint density at radius 2 is 2.05 bits per heavy atom. The Kier molecular flexibility index (Phi) is 4.43. The van der Waals surface area contributed by atoms with Crippen LogP contribution in [0.5, 0.6) is 0 Å². The van der Waals surface area contributed by atoms with E-state index in [1.807, 2.05) is 30.3 Å². The van der Waals surface area contributed by atoms with E-state index in [4.69, 9.17) is 5.73 Å². The zero-order valence-electron chi connectivity index (χ0n) is 12.7. The third kappa shape index (κ3) is 2.73. The van der Waals surface area contributed by atoms with Gasteiger partial charge in [-0.25, -0.2) is 0 Å². The van der Waals surface area contributed by atoms with Crippen molar-refractivity contribution in [3.05, 3.63) is 35.9 Å². The Labute approximate surface area is 130 Å². The van der Waals surface area contributed by atoms with Crippen LogP contribution < -0.4 is 11.1 Å². The lowest BCUT2D eigenvalue weighted by atomic mass is 9.92. The van der Waals surface area contributed by atoms with Gasteiger partial charge in [0.15, 0.2) is 0 Å². The molecular weight excluding hydrogens is 278 g/mol. The third-order valence-electron chi connectivity index (χ3n) is 4.89. The highest BCUT2D eigenvalue weighted by atomic mass is 16.2. The maximum Gasteiger partial charge on any atom is 0.247 e. The van der Waals surface area contributed by atoms with E-state index in [0.29, 0.717) is 19.6 Å². The summed E-state index contributed by atoms with van der Waals surface area (Å²) in [7, 11) is 0. The molecule has 118 valence electrons. The average molecular weight is 301 g/mol. The van der Waals surface area contributed by atoms with Gasteiger partial charge in [0.2, 0.25) is 11.8 Å². The number of carbonyl (C=O) groups is 2. The molecule has 1 unspecified atom stereocenters. The number of hydrogen-bond acceptors (Lipinski definition) is 3. The van der Waals surface area contributed by atoms with Crippen molar-refractivity contribution in [3.63, 3.8) is 0 Å². The van der Waals surface area contributed by atoms with Crippen molar-refractivity contribution in [1.29, 1.82) is 0 Å². The van der Waals surface area contributed by atoms with Gasteiger partial charge in [0.25, 0.3) is 0 Å². The van der Waals surface area contributed by atoms with E-state index in [1.165, 1.54) is 0 Å². The molecule has 1 aromatic carbocycles. The summed E-state index contributed by atoms with van der Waals surface area (Å²) in [5.41, 5.74) is 6.69. The van der Waals surface area contributed by atoms with Crippen LogP contribution in [0.2, 0.25) is 0 Å². The minimum Gasteiger partial charge on any atom is -0.352 e. The fourth-order valence-corrected chi connectivity index (χ4v) is 3.73. The van der Waals surface area contributed by atoms with Gasteiger partial charge in [0.05, 0.1) is 0 Å². The van der Waals surface area contributed by atoms with E-state index >= 15 is 0 Å². The third-order valence-corrected chi connectivity index (χ3v) is 4.89. The van der Waals surface area contributed by atoms with Crippen molar-refractivity contribution in [2.24, 2.45) is 17.6 Å². The number of benzene rings is 1. The molecule has 0 spiro atoms. The smallest absolute Gasteiger partial charge is 0.247 e. The van der Waals surface area contributed by atoms with Crippen molar-refractivity contribution in [1.82, 2.24) is 10.2 Å². The summed E-state index contributed by atoms with van der Waals surface area (Å²) in [6.07, 6.45) is 2.96. The van der Waals surface area contributed by atoms with E-state index in [2.05, 4.69) is 5.32 Å². The lowest BCUT2D eigenvalue weighted by molar-refractivity contribution is -0.147. The summed E-state index contributed by atoms with van der Waals surface area (Å²) in [5, 5.41) is 2.87. The number of carbonyl (C=O) groups excluding carboxylic acids is 2. The summed E-state index contributed by atoms with van der Waals surface area (Å²) in [4.78, 5) is 27.1. The van der Waals surface area contributed by atoms with E-state index in [9.17, 15) is 9.59 Å². The van der Waals surface area contributed by atoms with Crippen LogP contribution in [0, 0.1) is 11.8 Å². The largest absolute Gasteiger partial charge is 0.352 e. The van der Waals surface area contributed by atoms with E-state index in [-0.39, 0.29) is 23.7 Å². The van der Waals surface area contributed by atoms with Crippen molar-refractivity contribution in [2.45, 2.75) is 25.3 Å². The molecule has 1 aliphatic heterocycles. The van der Waals surface area contributed by atoms with Gasteiger partial charge in [0, 0.05) is 19.0 Å². The summed E-state index contributed by atoms with van der Waals surface area (Å²) in [5.74, 6) is 0.237. The molecule has 3 rings (SSSR count). The summed E-state index contributed by atoms with van der Waals surface area (Å²) < 4.78 is 0. The summed E-state index contributed by atoms with van der Waals surface area (Å²) in [6, 6.07) is 9.02. The van der Waals surface area contributed by atoms with Gasteiger partial charge in [-0.2, -0.15) is 0 Å². The second-order valence-corrected chi connectivity index (χ2v) is 6.17. The minimum atomic E-state index is -0.513. The molecule has 5 heteroatoms. The fraction of sp³-hybridized carbons (Fsp3) is 0.529. The predicted molar refractivity (Wildman–Crippen MR) is 83.8 cm³/mol. The van der Waals surface area contributed by atoms with Crippen LogP contribution in [0.15, 0.2) is 30.3 Å². The molecule has 5 nitrogen and oxygen atoms in total. The highest BCUT2D eigenvalue weighted by Gasteiger charge is 2.40. The minimum absolute atomic E-state index is 0.0258. The molecule has 2 fully saturated rings. The number of nitrogens with one attached hydrogen (secondary N) is 1. The van der Waals surface area contributed by atoms with Crippen LogP contribution in [0.3, 0.4) is 0 Å². The van der Waals surface area contributed by atoms with Crippen molar-refractivity contribution in [3.8, 4) is 0 Å². The zero-order valence-corrected chi connectivity index (χ0v) is 12.7. The molecule has 0 aromatic heterocycles. The molecule has 1 saturated carbocycles. The number of nitrogens with zero attached hydrogens (tertiary/aromatic N) is 1. The number of hydrogen-bond donors (Lipinski definition) is 2. The molecule has 22 heavy (non-hydrogen) atoms. The maximum absolute atomic E-state index is 13.0. The molecule has 1 aromatic rings. The van der Waals surface area contributed by atoms with Gasteiger partial charge in [-0.15, -0.1) is 0 Å². The van der Waals surface area contributed by atoms with Gasteiger partial charge in [-0.05, 0) is 30.9 Å². The Morgan fingerprint density at radius 3 is 2.77 bits per heavy atom. The number of amides is 2. The summed E-state index contributed by atoms with van der Waals surface area (Å²) in [6.45, 7) is 1.64. The van der Waals surface area contributed by atoms with Crippen LogP contribution >= 0.6 is 0 Å². The normalized spacial score (nSPS) is 28.5. The quantitative estimate of drug-likeness (QED) is 0.876. The van der Waals surface area contributed by atoms with Crippen LogP contribution in [-0.2, 0) is 9.59 Å². The first-order valence-corrected chi connectivity index (χ1v) is 8.05. The molecule has 1 saturated heterocycles. The second-order valence-electron chi connectivity index (χ2n) is 6.17. The lowest BCUT2D eigenvalue weighted by Crippen LogP contribution is -2.54. The van der Waals surface area contributed by atoms with Gasteiger partial charge >= 0.3 is 0 Å². The molecular formula is C17H23N3O2. The van der Waals surface area contributed by atoms with Crippen LogP contribution in [0.25, 0.3) is 0 Å². The SMILES string of the molecule is NC[C@H]1CCC[C@H]1C(=O)N1CCNC(=O)C1c1ccccc1. The van der Waals surface area contributed by atoms with Crippen molar-refractivity contribution in [2.75, 3.05) is 19.6 Å². The number of piperazine rings is 1. The molecule has 2 aliphatic rings. The van der Waals surface area contributed by atoms with Crippen LogP contribution in [0.4, 0.5) is 0 Å². The molecule has 2 amide bonds. The van der Waals surface area contributed by atoms with Crippen molar-refractivity contribution < 1.29 is 9.59 Å². The molecule has 1 aliphatic carbocycles. The summed E-state index contributed by atoms with van der Waals surface area (Å²) >= 11 is 0. The van der Waals surface area contributed by atoms with E-state index < -0.39 is 6.04 Å². The highest BCUT2D eigenvalue weighted by Crippen LogP contribution is 2.35. The first kappa shape index (κ1) is 15.0. The van der Waals surface area contributed by atoms with Crippen molar-refractivity contribution >= 4 is 11.8 Å². The number of nitrogens with two attached hydrogens (primary N) is 1. The monoisotopic (exact) mass is 301 g/mol. The van der Waals surface area contributed by atoms with Crippen LogP contribution in [-0.4, -0.2) is 36.3 Å². The van der Waals surface area contributed by atoms with E-state index in [1.54, 1.807) is 4.90 Å². The van der Waals surface area contributed by atoms with Gasteiger partial charge in [-0.1, -0.05) is 36.8 Å². The highest BCUT2D eigenvalue weighted by molar-refractivity contribution is 5.90. The first-order chi connectivity index (χ1) is 10.7.